The van der Waals surface area contributed by atoms with Crippen LogP contribution >= 0.6 is 0 Å². The molecule has 1 amide bonds. The third-order valence-electron chi connectivity index (χ3n) is 4.24. The molecule has 0 radical (unpaired) electrons. The third kappa shape index (κ3) is 3.19. The number of aromatic amines is 1. The summed E-state index contributed by atoms with van der Waals surface area (Å²) in [4.78, 5) is 27.6. The molecule has 26 heavy (non-hydrogen) atoms. The van der Waals surface area contributed by atoms with Crippen LogP contribution in [-0.2, 0) is 11.3 Å². The number of nitrogens with zero attached hydrogens (tertiary/aromatic N) is 3. The molecule has 0 aliphatic heterocycles. The number of rotatable bonds is 5. The predicted octanol–water partition coefficient (Wildman–Crippen LogP) is 2.69. The first kappa shape index (κ1) is 16.0. The van der Waals surface area contributed by atoms with Crippen LogP contribution in [0, 0.1) is 0 Å². The monoisotopic (exact) mass is 347 g/mol. The van der Waals surface area contributed by atoms with E-state index in [0.29, 0.717) is 30.3 Å². The van der Waals surface area contributed by atoms with Crippen LogP contribution in [-0.4, -0.2) is 25.9 Å². The van der Waals surface area contributed by atoms with Crippen LogP contribution in [0.1, 0.15) is 12.8 Å². The summed E-state index contributed by atoms with van der Waals surface area (Å²) in [7, 11) is 0. The number of H-pyrrole nitrogens is 1. The normalized spacial score (nSPS) is 11.1. The van der Waals surface area contributed by atoms with Crippen molar-refractivity contribution in [1.82, 2.24) is 20.0 Å². The van der Waals surface area contributed by atoms with Gasteiger partial charge in [0.25, 0.3) is 5.56 Å². The highest BCUT2D eigenvalue weighted by molar-refractivity contribution is 5.93. The van der Waals surface area contributed by atoms with Gasteiger partial charge in [-0.2, -0.15) is 0 Å². The molecule has 7 heteroatoms. The molecule has 2 aromatic carbocycles. The lowest BCUT2D eigenvalue weighted by atomic mass is 10.2. The molecule has 0 aliphatic carbocycles. The number of amides is 1. The number of nitrogens with one attached hydrogen (secondary N) is 2. The van der Waals surface area contributed by atoms with Crippen molar-refractivity contribution >= 4 is 33.4 Å². The molecule has 0 fully saturated rings. The zero-order valence-corrected chi connectivity index (χ0v) is 14.0. The average Bonchev–Trinajstić information content (AvgIpc) is 3.11. The van der Waals surface area contributed by atoms with Gasteiger partial charge in [-0.15, -0.1) is 5.10 Å². The topological polar surface area (TPSA) is 92.7 Å². The van der Waals surface area contributed by atoms with E-state index in [1.54, 1.807) is 18.2 Å². The molecular weight excluding hydrogens is 330 g/mol. The van der Waals surface area contributed by atoms with Crippen LogP contribution in [0.4, 0.5) is 5.69 Å². The Morgan fingerprint density at radius 3 is 2.96 bits per heavy atom. The smallest absolute Gasteiger partial charge is 0.277 e. The number of benzene rings is 2. The van der Waals surface area contributed by atoms with Crippen molar-refractivity contribution in [2.75, 3.05) is 5.32 Å². The standard InChI is InChI=1S/C19H17N5O2/c25-18(21-14-8-7-13-9-10-20-17(13)12-14)6-3-11-24-19(26)15-4-1-2-5-16(15)22-23-24/h1-2,4-5,7-10,12,20H,3,6,11H2,(H,21,25). The number of aryl methyl sites for hydroxylation is 1. The Balaban J connectivity index is 1.37. The summed E-state index contributed by atoms with van der Waals surface area (Å²) in [5.41, 5.74) is 2.10. The van der Waals surface area contributed by atoms with Gasteiger partial charge >= 0.3 is 0 Å². The number of anilines is 1. The lowest BCUT2D eigenvalue weighted by molar-refractivity contribution is -0.116. The summed E-state index contributed by atoms with van der Waals surface area (Å²) in [6.45, 7) is 0.347. The first-order valence-electron chi connectivity index (χ1n) is 8.40. The van der Waals surface area contributed by atoms with E-state index in [9.17, 15) is 9.59 Å². The van der Waals surface area contributed by atoms with Gasteiger partial charge in [-0.05, 0) is 42.1 Å². The minimum Gasteiger partial charge on any atom is -0.361 e. The van der Waals surface area contributed by atoms with Crippen molar-refractivity contribution in [3.05, 3.63) is 65.1 Å². The van der Waals surface area contributed by atoms with Crippen LogP contribution in [0.15, 0.2) is 59.5 Å². The van der Waals surface area contributed by atoms with Gasteiger partial charge in [-0.25, -0.2) is 4.68 Å². The second-order valence-electron chi connectivity index (χ2n) is 6.07. The molecule has 2 N–H and O–H groups in total. The highest BCUT2D eigenvalue weighted by Gasteiger charge is 2.07. The maximum atomic E-state index is 12.4. The van der Waals surface area contributed by atoms with Crippen molar-refractivity contribution in [2.45, 2.75) is 19.4 Å². The summed E-state index contributed by atoms with van der Waals surface area (Å²) >= 11 is 0. The van der Waals surface area contributed by atoms with Gasteiger partial charge in [0.1, 0.15) is 5.52 Å². The minimum atomic E-state index is -0.187. The average molecular weight is 347 g/mol. The van der Waals surface area contributed by atoms with Crippen molar-refractivity contribution in [3.63, 3.8) is 0 Å². The molecule has 0 spiro atoms. The van der Waals surface area contributed by atoms with Crippen LogP contribution < -0.4 is 10.9 Å². The predicted molar refractivity (Wildman–Crippen MR) is 100.0 cm³/mol. The molecule has 130 valence electrons. The number of carbonyl (C=O) groups is 1. The van der Waals surface area contributed by atoms with Gasteiger partial charge in [0.2, 0.25) is 5.91 Å². The van der Waals surface area contributed by atoms with E-state index in [1.165, 1.54) is 4.68 Å². The Kier molecular flexibility index (Phi) is 4.18. The first-order valence-corrected chi connectivity index (χ1v) is 8.40. The molecule has 4 aromatic rings. The maximum Gasteiger partial charge on any atom is 0.277 e. The van der Waals surface area contributed by atoms with Gasteiger partial charge < -0.3 is 10.3 Å². The number of carbonyl (C=O) groups excluding carboxylic acids is 1. The number of hydrogen-bond acceptors (Lipinski definition) is 4. The summed E-state index contributed by atoms with van der Waals surface area (Å²) in [6.07, 6.45) is 2.66. The Morgan fingerprint density at radius 1 is 1.15 bits per heavy atom. The van der Waals surface area contributed by atoms with Gasteiger partial charge in [0, 0.05) is 30.4 Å². The van der Waals surface area contributed by atoms with Gasteiger partial charge in [-0.3, -0.25) is 9.59 Å². The quantitative estimate of drug-likeness (QED) is 0.580. The van der Waals surface area contributed by atoms with Crippen LogP contribution in [0.3, 0.4) is 0 Å². The van der Waals surface area contributed by atoms with Gasteiger partial charge in [0.15, 0.2) is 0 Å². The van der Waals surface area contributed by atoms with E-state index in [1.807, 2.05) is 36.5 Å². The second kappa shape index (κ2) is 6.79. The fourth-order valence-corrected chi connectivity index (χ4v) is 2.91. The van der Waals surface area contributed by atoms with Crippen molar-refractivity contribution in [1.29, 1.82) is 0 Å². The molecule has 7 nitrogen and oxygen atoms in total. The molecule has 0 atom stereocenters. The Morgan fingerprint density at radius 2 is 2.04 bits per heavy atom. The zero-order valence-electron chi connectivity index (χ0n) is 14.0. The summed E-state index contributed by atoms with van der Waals surface area (Å²) in [5.74, 6) is -0.0993. The number of aromatic nitrogens is 4. The molecule has 0 saturated carbocycles. The van der Waals surface area contributed by atoms with E-state index in [4.69, 9.17) is 0 Å². The molecule has 0 unspecified atom stereocenters. The molecule has 0 saturated heterocycles. The van der Waals surface area contributed by atoms with Crippen LogP contribution in [0.25, 0.3) is 21.8 Å². The van der Waals surface area contributed by atoms with E-state index >= 15 is 0 Å². The minimum absolute atomic E-state index is 0.0993. The van der Waals surface area contributed by atoms with E-state index in [-0.39, 0.29) is 11.5 Å². The molecule has 2 aromatic heterocycles. The summed E-state index contributed by atoms with van der Waals surface area (Å²) < 4.78 is 1.31. The van der Waals surface area contributed by atoms with Crippen molar-refractivity contribution in [3.8, 4) is 0 Å². The molecular formula is C19H17N5O2. The maximum absolute atomic E-state index is 12.4. The SMILES string of the molecule is O=C(CCCn1nnc2ccccc2c1=O)Nc1ccc2cc[nH]c2c1. The van der Waals surface area contributed by atoms with Gasteiger partial charge in [-0.1, -0.05) is 23.4 Å². The highest BCUT2D eigenvalue weighted by atomic mass is 16.1. The lowest BCUT2D eigenvalue weighted by Crippen LogP contribution is -2.25. The summed E-state index contributed by atoms with van der Waals surface area (Å²) in [5, 5.41) is 12.5. The van der Waals surface area contributed by atoms with E-state index in [0.717, 1.165) is 16.6 Å². The second-order valence-corrected chi connectivity index (χ2v) is 6.07. The van der Waals surface area contributed by atoms with Crippen molar-refractivity contribution < 1.29 is 4.79 Å². The summed E-state index contributed by atoms with van der Waals surface area (Å²) in [6, 6.07) is 14.8. The number of fused-ring (bicyclic) bond motifs is 2. The molecule has 0 aliphatic rings. The highest BCUT2D eigenvalue weighted by Crippen LogP contribution is 2.17. The Labute approximate surface area is 148 Å². The molecule has 0 bridgehead atoms. The van der Waals surface area contributed by atoms with Gasteiger partial charge in [0.05, 0.1) is 5.39 Å². The van der Waals surface area contributed by atoms with E-state index < -0.39 is 0 Å². The van der Waals surface area contributed by atoms with Crippen molar-refractivity contribution in [2.24, 2.45) is 0 Å². The largest absolute Gasteiger partial charge is 0.361 e. The fraction of sp³-hybridized carbons (Fsp3) is 0.158. The Bertz CT molecular complexity index is 1150. The molecule has 2 heterocycles. The van der Waals surface area contributed by atoms with Crippen LogP contribution in [0.5, 0.6) is 0 Å². The van der Waals surface area contributed by atoms with E-state index in [2.05, 4.69) is 20.6 Å². The lowest BCUT2D eigenvalue weighted by Gasteiger charge is -2.07. The zero-order chi connectivity index (χ0) is 17.9. The first-order chi connectivity index (χ1) is 12.7. The molecule has 4 rings (SSSR count). The third-order valence-corrected chi connectivity index (χ3v) is 4.24. The van der Waals surface area contributed by atoms with Crippen LogP contribution in [0.2, 0.25) is 0 Å². The fourth-order valence-electron chi connectivity index (χ4n) is 2.91. The Hall–Kier alpha value is -3.48. The number of hydrogen-bond donors (Lipinski definition) is 2.